The molecule has 3 rings (SSSR count). The van der Waals surface area contributed by atoms with Gasteiger partial charge in [-0.05, 0) is 43.9 Å². The molecule has 134 valence electrons. The number of aromatic nitrogens is 3. The SMILES string of the molecule is Cc1c(NC(=O)CCc2ccncc2)c(=O)n(C2CCCCC2)n1C. The predicted molar refractivity (Wildman–Crippen MR) is 97.7 cm³/mol. The zero-order valence-electron chi connectivity index (χ0n) is 15.0. The second kappa shape index (κ2) is 7.68. The first-order chi connectivity index (χ1) is 12.1. The number of carbonyl (C=O) groups is 1. The second-order valence-electron chi connectivity index (χ2n) is 6.83. The minimum absolute atomic E-state index is 0.0795. The fraction of sp³-hybridized carbons (Fsp3) is 0.526. The molecule has 1 aliphatic carbocycles. The van der Waals surface area contributed by atoms with E-state index < -0.39 is 0 Å². The maximum Gasteiger partial charge on any atom is 0.290 e. The Labute approximate surface area is 147 Å². The van der Waals surface area contributed by atoms with E-state index in [1.54, 1.807) is 12.4 Å². The lowest BCUT2D eigenvalue weighted by Gasteiger charge is -2.24. The Hall–Kier alpha value is -2.37. The zero-order chi connectivity index (χ0) is 17.8. The molecule has 0 unspecified atom stereocenters. The standard InChI is InChI=1S/C19H26N4O2/c1-14-18(21-17(24)9-8-15-10-12-20-13-11-15)19(25)23(22(14)2)16-6-4-3-5-7-16/h10-13,16H,3-9H2,1-2H3,(H,21,24). The van der Waals surface area contributed by atoms with Crippen molar-refractivity contribution in [2.24, 2.45) is 7.05 Å². The van der Waals surface area contributed by atoms with Crippen molar-refractivity contribution in [1.82, 2.24) is 14.3 Å². The van der Waals surface area contributed by atoms with Gasteiger partial charge in [-0.3, -0.25) is 19.3 Å². The van der Waals surface area contributed by atoms with Crippen LogP contribution >= 0.6 is 0 Å². The van der Waals surface area contributed by atoms with Crippen LogP contribution in [0.3, 0.4) is 0 Å². The summed E-state index contributed by atoms with van der Waals surface area (Å²) in [6.07, 6.45) is 10.1. The van der Waals surface area contributed by atoms with Crippen LogP contribution < -0.4 is 10.9 Å². The fourth-order valence-electron chi connectivity index (χ4n) is 3.62. The normalized spacial score (nSPS) is 15.3. The molecule has 1 amide bonds. The maximum atomic E-state index is 12.8. The van der Waals surface area contributed by atoms with Crippen molar-refractivity contribution in [2.45, 2.75) is 57.9 Å². The van der Waals surface area contributed by atoms with E-state index in [9.17, 15) is 9.59 Å². The van der Waals surface area contributed by atoms with Gasteiger partial charge >= 0.3 is 0 Å². The van der Waals surface area contributed by atoms with Gasteiger partial charge in [-0.1, -0.05) is 19.3 Å². The Bertz CT molecular complexity index is 786. The molecule has 0 bridgehead atoms. The molecule has 2 aromatic heterocycles. The van der Waals surface area contributed by atoms with Crippen LogP contribution in [0.5, 0.6) is 0 Å². The van der Waals surface area contributed by atoms with E-state index in [2.05, 4.69) is 10.3 Å². The van der Waals surface area contributed by atoms with E-state index in [4.69, 9.17) is 0 Å². The Morgan fingerprint density at radius 2 is 1.92 bits per heavy atom. The summed E-state index contributed by atoms with van der Waals surface area (Å²) in [5, 5.41) is 2.84. The predicted octanol–water partition coefficient (Wildman–Crippen LogP) is 2.97. The fourth-order valence-corrected chi connectivity index (χ4v) is 3.62. The summed E-state index contributed by atoms with van der Waals surface area (Å²) in [4.78, 5) is 29.1. The van der Waals surface area contributed by atoms with Crippen LogP contribution in [-0.2, 0) is 18.3 Å². The Morgan fingerprint density at radius 1 is 1.24 bits per heavy atom. The minimum atomic E-state index is -0.126. The number of hydrogen-bond donors (Lipinski definition) is 1. The lowest BCUT2D eigenvalue weighted by molar-refractivity contribution is -0.116. The van der Waals surface area contributed by atoms with E-state index in [0.29, 0.717) is 18.5 Å². The van der Waals surface area contributed by atoms with E-state index >= 15 is 0 Å². The van der Waals surface area contributed by atoms with Crippen LogP contribution in [0.25, 0.3) is 0 Å². The summed E-state index contributed by atoms with van der Waals surface area (Å²) in [5.74, 6) is -0.126. The van der Waals surface area contributed by atoms with Gasteiger partial charge in [0.25, 0.3) is 5.56 Å². The lowest BCUT2D eigenvalue weighted by Crippen LogP contribution is -2.29. The first kappa shape index (κ1) is 17.5. The third-order valence-corrected chi connectivity index (χ3v) is 5.17. The number of nitrogens with zero attached hydrogens (tertiary/aromatic N) is 3. The molecule has 1 N–H and O–H groups in total. The highest BCUT2D eigenvalue weighted by molar-refractivity contribution is 5.91. The molecular formula is C19H26N4O2. The highest BCUT2D eigenvalue weighted by Crippen LogP contribution is 2.28. The van der Waals surface area contributed by atoms with Crippen LogP contribution in [0, 0.1) is 6.92 Å². The van der Waals surface area contributed by atoms with Crippen LogP contribution in [0.2, 0.25) is 0 Å². The van der Waals surface area contributed by atoms with Crippen molar-refractivity contribution in [3.05, 3.63) is 46.1 Å². The smallest absolute Gasteiger partial charge is 0.290 e. The monoisotopic (exact) mass is 342 g/mol. The van der Waals surface area contributed by atoms with Crippen molar-refractivity contribution >= 4 is 11.6 Å². The third-order valence-electron chi connectivity index (χ3n) is 5.17. The number of pyridine rings is 1. The highest BCUT2D eigenvalue weighted by Gasteiger charge is 2.23. The summed E-state index contributed by atoms with van der Waals surface area (Å²) in [7, 11) is 1.90. The summed E-state index contributed by atoms with van der Waals surface area (Å²) in [6.45, 7) is 1.89. The van der Waals surface area contributed by atoms with Crippen LogP contribution in [-0.4, -0.2) is 20.3 Å². The summed E-state index contributed by atoms with van der Waals surface area (Å²) >= 11 is 0. The molecule has 6 nitrogen and oxygen atoms in total. The van der Waals surface area contributed by atoms with Gasteiger partial charge in [0.15, 0.2) is 0 Å². The molecule has 1 aliphatic rings. The Kier molecular flexibility index (Phi) is 5.36. The third kappa shape index (κ3) is 3.83. The zero-order valence-corrected chi connectivity index (χ0v) is 15.0. The molecular weight excluding hydrogens is 316 g/mol. The molecule has 2 heterocycles. The van der Waals surface area contributed by atoms with E-state index in [0.717, 1.165) is 36.9 Å². The van der Waals surface area contributed by atoms with E-state index in [1.165, 1.54) is 6.42 Å². The summed E-state index contributed by atoms with van der Waals surface area (Å²) in [6, 6.07) is 4.04. The van der Waals surface area contributed by atoms with Gasteiger partial charge in [0, 0.05) is 25.9 Å². The van der Waals surface area contributed by atoms with Crippen molar-refractivity contribution in [3.63, 3.8) is 0 Å². The van der Waals surface area contributed by atoms with Crippen LogP contribution in [0.15, 0.2) is 29.3 Å². The average Bonchev–Trinajstić information content (AvgIpc) is 2.85. The number of aryl methyl sites for hydroxylation is 1. The van der Waals surface area contributed by atoms with Gasteiger partial charge in [0.1, 0.15) is 5.69 Å². The molecule has 2 aromatic rings. The van der Waals surface area contributed by atoms with Gasteiger partial charge in [0.05, 0.1) is 11.7 Å². The van der Waals surface area contributed by atoms with Crippen LogP contribution in [0.1, 0.15) is 55.8 Å². The van der Waals surface area contributed by atoms with Crippen molar-refractivity contribution in [2.75, 3.05) is 5.32 Å². The number of carbonyl (C=O) groups excluding carboxylic acids is 1. The lowest BCUT2D eigenvalue weighted by atomic mass is 9.96. The highest BCUT2D eigenvalue weighted by atomic mass is 16.2. The van der Waals surface area contributed by atoms with E-state index in [-0.39, 0.29) is 17.5 Å². The van der Waals surface area contributed by atoms with Crippen molar-refractivity contribution in [3.8, 4) is 0 Å². The van der Waals surface area contributed by atoms with Gasteiger partial charge in [-0.15, -0.1) is 0 Å². The molecule has 0 atom stereocenters. The topological polar surface area (TPSA) is 68.9 Å². The van der Waals surface area contributed by atoms with Gasteiger partial charge in [0.2, 0.25) is 5.91 Å². The number of nitrogens with one attached hydrogen (secondary N) is 1. The quantitative estimate of drug-likeness (QED) is 0.908. The number of hydrogen-bond acceptors (Lipinski definition) is 3. The molecule has 0 saturated heterocycles. The summed E-state index contributed by atoms with van der Waals surface area (Å²) < 4.78 is 3.73. The van der Waals surface area contributed by atoms with Crippen molar-refractivity contribution in [1.29, 1.82) is 0 Å². The average molecular weight is 342 g/mol. The number of amides is 1. The van der Waals surface area contributed by atoms with Gasteiger partial charge < -0.3 is 5.32 Å². The number of rotatable bonds is 5. The molecule has 0 spiro atoms. The second-order valence-corrected chi connectivity index (χ2v) is 6.83. The molecule has 25 heavy (non-hydrogen) atoms. The largest absolute Gasteiger partial charge is 0.320 e. The van der Waals surface area contributed by atoms with Crippen LogP contribution in [0.4, 0.5) is 5.69 Å². The van der Waals surface area contributed by atoms with Gasteiger partial charge in [-0.25, -0.2) is 4.68 Å². The summed E-state index contributed by atoms with van der Waals surface area (Å²) in [5.41, 5.74) is 2.22. The molecule has 0 radical (unpaired) electrons. The minimum Gasteiger partial charge on any atom is -0.320 e. The van der Waals surface area contributed by atoms with Crippen molar-refractivity contribution < 1.29 is 4.79 Å². The molecule has 0 aliphatic heterocycles. The maximum absolute atomic E-state index is 12.8. The number of anilines is 1. The first-order valence-electron chi connectivity index (χ1n) is 9.04. The first-order valence-corrected chi connectivity index (χ1v) is 9.04. The molecule has 6 heteroatoms. The van der Waals surface area contributed by atoms with E-state index in [1.807, 2.05) is 35.5 Å². The molecule has 1 fully saturated rings. The molecule has 1 saturated carbocycles. The Morgan fingerprint density at radius 3 is 2.60 bits per heavy atom. The molecule has 0 aromatic carbocycles. The van der Waals surface area contributed by atoms with Gasteiger partial charge in [-0.2, -0.15) is 0 Å². The Balaban J connectivity index is 1.71.